The number of aryl methyl sites for hydroxylation is 1. The van der Waals surface area contributed by atoms with Crippen molar-refractivity contribution in [3.05, 3.63) is 64.4 Å². The molecule has 0 saturated carbocycles. The molecule has 0 radical (unpaired) electrons. The normalized spacial score (nSPS) is 16.1. The fraction of sp³-hybridized carbons (Fsp3) is 0.409. The molecule has 0 spiro atoms. The Kier molecular flexibility index (Phi) is 6.92. The molecule has 3 rings (SSSR count). The van der Waals surface area contributed by atoms with Gasteiger partial charge in [0.2, 0.25) is 5.91 Å². The van der Waals surface area contributed by atoms with Gasteiger partial charge in [0.05, 0.1) is 6.04 Å². The highest BCUT2D eigenvalue weighted by atomic mass is 35.5. The number of benzene rings is 2. The number of carbonyl (C=O) groups is 1. The predicted octanol–water partition coefficient (Wildman–Crippen LogP) is 3.66. The average molecular weight is 404 g/mol. The highest BCUT2D eigenvalue weighted by Crippen LogP contribution is 2.25. The van der Waals surface area contributed by atoms with Crippen molar-refractivity contribution in [2.24, 2.45) is 0 Å². The second kappa shape index (κ2) is 9.39. The second-order valence-corrected chi connectivity index (χ2v) is 7.73. The van der Waals surface area contributed by atoms with Crippen LogP contribution < -0.4 is 10.2 Å². The van der Waals surface area contributed by atoms with Crippen LogP contribution in [-0.2, 0) is 11.2 Å². The summed E-state index contributed by atoms with van der Waals surface area (Å²) in [6.45, 7) is 8.00. The zero-order chi connectivity index (χ0) is 20.1. The second-order valence-electron chi connectivity index (χ2n) is 7.30. The maximum Gasteiger partial charge on any atom is 0.237 e. The third-order valence-electron chi connectivity index (χ3n) is 5.38. The van der Waals surface area contributed by atoms with E-state index in [1.165, 1.54) is 23.4 Å². The van der Waals surface area contributed by atoms with Crippen molar-refractivity contribution >= 4 is 23.2 Å². The summed E-state index contributed by atoms with van der Waals surface area (Å²) in [4.78, 5) is 17.0. The highest BCUT2D eigenvalue weighted by molar-refractivity contribution is 6.30. The molecule has 4 nitrogen and oxygen atoms in total. The number of hydrogen-bond acceptors (Lipinski definition) is 3. The molecule has 6 heteroatoms. The Morgan fingerprint density at radius 1 is 1.14 bits per heavy atom. The Bertz CT molecular complexity index is 804. The number of amides is 1. The topological polar surface area (TPSA) is 35.6 Å². The maximum atomic E-state index is 12.9. The van der Waals surface area contributed by atoms with Crippen molar-refractivity contribution in [2.75, 3.05) is 37.6 Å². The van der Waals surface area contributed by atoms with E-state index in [2.05, 4.69) is 22.0 Å². The molecule has 28 heavy (non-hydrogen) atoms. The van der Waals surface area contributed by atoms with Gasteiger partial charge in [0.1, 0.15) is 5.82 Å². The van der Waals surface area contributed by atoms with Crippen LogP contribution in [0.3, 0.4) is 0 Å². The van der Waals surface area contributed by atoms with Gasteiger partial charge in [-0.05, 0) is 55.7 Å². The molecule has 1 N–H and O–H groups in total. The number of piperazine rings is 1. The van der Waals surface area contributed by atoms with Gasteiger partial charge in [-0.1, -0.05) is 29.8 Å². The molecular formula is C22H27ClFN3O. The van der Waals surface area contributed by atoms with E-state index in [1.807, 2.05) is 25.1 Å². The number of rotatable bonds is 6. The lowest BCUT2D eigenvalue weighted by molar-refractivity contribution is -0.125. The van der Waals surface area contributed by atoms with Gasteiger partial charge in [0, 0.05) is 43.4 Å². The van der Waals surface area contributed by atoms with Gasteiger partial charge in [-0.15, -0.1) is 0 Å². The van der Waals surface area contributed by atoms with Crippen molar-refractivity contribution in [1.82, 2.24) is 10.2 Å². The summed E-state index contributed by atoms with van der Waals surface area (Å²) in [6.07, 6.45) is 0.695. The van der Waals surface area contributed by atoms with E-state index in [0.717, 1.165) is 36.8 Å². The van der Waals surface area contributed by atoms with Crippen molar-refractivity contribution in [3.63, 3.8) is 0 Å². The van der Waals surface area contributed by atoms with Gasteiger partial charge in [0.25, 0.3) is 0 Å². The first-order valence-electron chi connectivity index (χ1n) is 9.71. The van der Waals surface area contributed by atoms with Crippen LogP contribution in [0.2, 0.25) is 5.02 Å². The zero-order valence-electron chi connectivity index (χ0n) is 16.4. The first kappa shape index (κ1) is 20.6. The molecule has 1 heterocycles. The molecule has 0 bridgehead atoms. The number of hydrogen-bond donors (Lipinski definition) is 1. The zero-order valence-corrected chi connectivity index (χ0v) is 17.2. The standard InChI is InChI=1S/C22H27ClFN3O/c1-16-3-6-19(23)15-21(16)27-13-11-26(12-14-27)17(2)22(28)25-10-9-18-4-7-20(24)8-5-18/h3-8,15,17H,9-14H2,1-2H3,(H,25,28)/t17-/m1/s1. The van der Waals surface area contributed by atoms with E-state index in [9.17, 15) is 9.18 Å². The van der Waals surface area contributed by atoms with E-state index in [-0.39, 0.29) is 17.8 Å². The van der Waals surface area contributed by atoms with Crippen molar-refractivity contribution in [2.45, 2.75) is 26.3 Å². The number of carbonyl (C=O) groups excluding carboxylic acids is 1. The molecule has 0 aromatic heterocycles. The molecular weight excluding hydrogens is 377 g/mol. The lowest BCUT2D eigenvalue weighted by Gasteiger charge is -2.39. The van der Waals surface area contributed by atoms with Gasteiger partial charge >= 0.3 is 0 Å². The van der Waals surface area contributed by atoms with Gasteiger partial charge in [-0.3, -0.25) is 9.69 Å². The van der Waals surface area contributed by atoms with Crippen LogP contribution in [0, 0.1) is 12.7 Å². The fourth-order valence-electron chi connectivity index (χ4n) is 3.57. The third-order valence-corrected chi connectivity index (χ3v) is 5.61. The number of anilines is 1. The van der Waals surface area contributed by atoms with Crippen LogP contribution in [-0.4, -0.2) is 49.6 Å². The molecule has 1 atom stereocenters. The maximum absolute atomic E-state index is 12.9. The highest BCUT2D eigenvalue weighted by Gasteiger charge is 2.26. The predicted molar refractivity (Wildman–Crippen MR) is 113 cm³/mol. The summed E-state index contributed by atoms with van der Waals surface area (Å²) in [6, 6.07) is 12.2. The van der Waals surface area contributed by atoms with Crippen LogP contribution >= 0.6 is 11.6 Å². The molecule has 1 fully saturated rings. The van der Waals surface area contributed by atoms with Crippen LogP contribution in [0.1, 0.15) is 18.1 Å². The van der Waals surface area contributed by atoms with Crippen LogP contribution in [0.5, 0.6) is 0 Å². The fourth-order valence-corrected chi connectivity index (χ4v) is 3.73. The first-order valence-corrected chi connectivity index (χ1v) is 10.1. The molecule has 0 aliphatic carbocycles. The van der Waals surface area contributed by atoms with E-state index in [1.54, 1.807) is 12.1 Å². The van der Waals surface area contributed by atoms with E-state index in [0.29, 0.717) is 13.0 Å². The molecule has 2 aromatic rings. The van der Waals surface area contributed by atoms with Crippen molar-refractivity contribution in [3.8, 4) is 0 Å². The minimum Gasteiger partial charge on any atom is -0.369 e. The summed E-state index contributed by atoms with van der Waals surface area (Å²) >= 11 is 6.15. The Morgan fingerprint density at radius 2 is 1.82 bits per heavy atom. The SMILES string of the molecule is Cc1ccc(Cl)cc1N1CCN([C@H](C)C(=O)NCCc2ccc(F)cc2)CC1. The Labute approximate surface area is 171 Å². The number of nitrogens with zero attached hydrogens (tertiary/aromatic N) is 2. The van der Waals surface area contributed by atoms with Crippen molar-refractivity contribution in [1.29, 1.82) is 0 Å². The van der Waals surface area contributed by atoms with E-state index >= 15 is 0 Å². The Hall–Kier alpha value is -2.11. The summed E-state index contributed by atoms with van der Waals surface area (Å²) in [5.74, 6) is -0.206. The molecule has 1 aliphatic rings. The molecule has 1 amide bonds. The Balaban J connectivity index is 1.46. The van der Waals surface area contributed by atoms with Crippen LogP contribution in [0.15, 0.2) is 42.5 Å². The quantitative estimate of drug-likeness (QED) is 0.799. The van der Waals surface area contributed by atoms with Gasteiger partial charge in [-0.25, -0.2) is 4.39 Å². The molecule has 2 aromatic carbocycles. The van der Waals surface area contributed by atoms with Crippen LogP contribution in [0.25, 0.3) is 0 Å². The summed E-state index contributed by atoms with van der Waals surface area (Å²) in [5.41, 5.74) is 3.40. The Morgan fingerprint density at radius 3 is 2.50 bits per heavy atom. The van der Waals surface area contributed by atoms with E-state index in [4.69, 9.17) is 11.6 Å². The molecule has 0 unspecified atom stereocenters. The lowest BCUT2D eigenvalue weighted by atomic mass is 10.1. The summed E-state index contributed by atoms with van der Waals surface area (Å²) in [7, 11) is 0. The van der Waals surface area contributed by atoms with Gasteiger partial charge in [-0.2, -0.15) is 0 Å². The van der Waals surface area contributed by atoms with Gasteiger partial charge < -0.3 is 10.2 Å². The number of halogens is 2. The first-order chi connectivity index (χ1) is 13.4. The minimum absolute atomic E-state index is 0.0366. The monoisotopic (exact) mass is 403 g/mol. The number of nitrogens with one attached hydrogen (secondary N) is 1. The molecule has 150 valence electrons. The minimum atomic E-state index is -0.242. The third kappa shape index (κ3) is 5.24. The molecule has 1 saturated heterocycles. The van der Waals surface area contributed by atoms with Crippen molar-refractivity contribution < 1.29 is 9.18 Å². The van der Waals surface area contributed by atoms with Crippen LogP contribution in [0.4, 0.5) is 10.1 Å². The summed E-state index contributed by atoms with van der Waals surface area (Å²) < 4.78 is 12.9. The largest absolute Gasteiger partial charge is 0.369 e. The van der Waals surface area contributed by atoms with Gasteiger partial charge in [0.15, 0.2) is 0 Å². The van der Waals surface area contributed by atoms with E-state index < -0.39 is 0 Å². The smallest absolute Gasteiger partial charge is 0.237 e. The lowest BCUT2D eigenvalue weighted by Crippen LogP contribution is -2.54. The summed E-state index contributed by atoms with van der Waals surface area (Å²) in [5, 5.41) is 3.74. The average Bonchev–Trinajstić information content (AvgIpc) is 2.71. The molecule has 1 aliphatic heterocycles.